The summed E-state index contributed by atoms with van der Waals surface area (Å²) in [6, 6.07) is 11.4. The molecular weight excluding hydrogens is 244 g/mol. The largest absolute Gasteiger partial charge is 0.310 e. The van der Waals surface area contributed by atoms with Crippen LogP contribution in [0, 0.1) is 11.6 Å². The van der Waals surface area contributed by atoms with Gasteiger partial charge in [0, 0.05) is 18.2 Å². The summed E-state index contributed by atoms with van der Waals surface area (Å²) in [6.45, 7) is 4.84. The molecule has 1 nitrogen and oxygen atoms in total. The van der Waals surface area contributed by atoms with Crippen molar-refractivity contribution in [1.82, 2.24) is 5.32 Å². The molecule has 0 radical (unpaired) electrons. The van der Waals surface area contributed by atoms with Gasteiger partial charge in [-0.3, -0.25) is 0 Å². The second kappa shape index (κ2) is 5.93. The van der Waals surface area contributed by atoms with Gasteiger partial charge in [0.25, 0.3) is 0 Å². The topological polar surface area (TPSA) is 12.0 Å². The van der Waals surface area contributed by atoms with Gasteiger partial charge in [-0.2, -0.15) is 0 Å². The number of hydrogen-bond donors (Lipinski definition) is 1. The molecule has 0 aliphatic heterocycles. The van der Waals surface area contributed by atoms with E-state index < -0.39 is 11.6 Å². The Morgan fingerprint density at radius 2 is 1.84 bits per heavy atom. The zero-order chi connectivity index (χ0) is 13.8. The van der Waals surface area contributed by atoms with Crippen molar-refractivity contribution in [3.8, 4) is 11.1 Å². The number of benzene rings is 2. The molecule has 0 atom stereocenters. The Kier molecular flexibility index (Phi) is 4.27. The monoisotopic (exact) mass is 261 g/mol. The Morgan fingerprint density at radius 1 is 1.05 bits per heavy atom. The molecule has 0 bridgehead atoms. The summed E-state index contributed by atoms with van der Waals surface area (Å²) in [5.41, 5.74) is 2.04. The summed E-state index contributed by atoms with van der Waals surface area (Å²) in [4.78, 5) is 0. The molecule has 2 aromatic carbocycles. The van der Waals surface area contributed by atoms with Crippen molar-refractivity contribution in [3.05, 3.63) is 59.7 Å². The van der Waals surface area contributed by atoms with Crippen LogP contribution in [0.5, 0.6) is 0 Å². The van der Waals surface area contributed by atoms with E-state index in [2.05, 4.69) is 19.2 Å². The third kappa shape index (κ3) is 3.61. The second-order valence-corrected chi connectivity index (χ2v) is 4.86. The average Bonchev–Trinajstić information content (AvgIpc) is 2.39. The predicted molar refractivity (Wildman–Crippen MR) is 73.8 cm³/mol. The molecule has 0 aliphatic rings. The zero-order valence-electron chi connectivity index (χ0n) is 11.1. The number of nitrogens with one attached hydrogen (secondary N) is 1. The Hall–Kier alpha value is -1.74. The van der Waals surface area contributed by atoms with Crippen molar-refractivity contribution < 1.29 is 8.78 Å². The maximum atomic E-state index is 13.7. The van der Waals surface area contributed by atoms with Crippen LogP contribution in [0.1, 0.15) is 19.4 Å². The van der Waals surface area contributed by atoms with Crippen LogP contribution in [-0.4, -0.2) is 6.04 Å². The molecule has 19 heavy (non-hydrogen) atoms. The molecule has 0 saturated heterocycles. The lowest BCUT2D eigenvalue weighted by molar-refractivity contribution is 0.588. The first-order chi connectivity index (χ1) is 9.06. The molecule has 0 aromatic heterocycles. The summed E-state index contributed by atoms with van der Waals surface area (Å²) < 4.78 is 26.9. The molecule has 0 unspecified atom stereocenters. The van der Waals surface area contributed by atoms with E-state index in [1.165, 1.54) is 6.07 Å². The maximum Gasteiger partial charge on any atom is 0.131 e. The van der Waals surface area contributed by atoms with Crippen LogP contribution in [0.4, 0.5) is 8.78 Å². The summed E-state index contributed by atoms with van der Waals surface area (Å²) in [5.74, 6) is -0.836. The Bertz CT molecular complexity index is 564. The summed E-state index contributed by atoms with van der Waals surface area (Å²) in [5, 5.41) is 3.30. The van der Waals surface area contributed by atoms with Crippen LogP contribution in [0.2, 0.25) is 0 Å². The molecule has 1 N–H and O–H groups in total. The fourth-order valence-electron chi connectivity index (χ4n) is 1.89. The van der Waals surface area contributed by atoms with Gasteiger partial charge in [-0.15, -0.1) is 0 Å². The highest BCUT2D eigenvalue weighted by Gasteiger charge is 2.07. The molecule has 0 aliphatic carbocycles. The first-order valence-corrected chi connectivity index (χ1v) is 6.34. The van der Waals surface area contributed by atoms with Gasteiger partial charge < -0.3 is 5.32 Å². The molecule has 0 fully saturated rings. The highest BCUT2D eigenvalue weighted by molar-refractivity contribution is 5.64. The van der Waals surface area contributed by atoms with Crippen molar-refractivity contribution in [2.24, 2.45) is 0 Å². The molecule has 0 saturated carbocycles. The van der Waals surface area contributed by atoms with Crippen molar-refractivity contribution in [2.45, 2.75) is 26.4 Å². The normalized spacial score (nSPS) is 11.0. The van der Waals surface area contributed by atoms with Crippen molar-refractivity contribution in [2.75, 3.05) is 0 Å². The van der Waals surface area contributed by atoms with Crippen LogP contribution in [0.25, 0.3) is 11.1 Å². The highest BCUT2D eigenvalue weighted by Crippen LogP contribution is 2.24. The Labute approximate surface area is 112 Å². The van der Waals surface area contributed by atoms with E-state index in [1.807, 2.05) is 18.2 Å². The quantitative estimate of drug-likeness (QED) is 0.872. The zero-order valence-corrected chi connectivity index (χ0v) is 11.1. The number of rotatable bonds is 4. The first-order valence-electron chi connectivity index (χ1n) is 6.34. The summed E-state index contributed by atoms with van der Waals surface area (Å²) in [7, 11) is 0. The molecule has 100 valence electrons. The van der Waals surface area contributed by atoms with Crippen LogP contribution in [0.3, 0.4) is 0 Å². The third-order valence-electron chi connectivity index (χ3n) is 2.88. The molecule has 2 rings (SSSR count). The van der Waals surface area contributed by atoms with Gasteiger partial charge in [-0.05, 0) is 35.4 Å². The number of hydrogen-bond acceptors (Lipinski definition) is 1. The maximum absolute atomic E-state index is 13.7. The van der Waals surface area contributed by atoms with Crippen LogP contribution < -0.4 is 5.32 Å². The summed E-state index contributed by atoms with van der Waals surface area (Å²) >= 11 is 0. The van der Waals surface area contributed by atoms with Gasteiger partial charge in [0.05, 0.1) is 0 Å². The lowest BCUT2D eigenvalue weighted by atomic mass is 10.0. The SMILES string of the molecule is CC(C)NCc1cccc(-c2cc(F)ccc2F)c1. The molecule has 2 aromatic rings. The van der Waals surface area contributed by atoms with E-state index in [9.17, 15) is 8.78 Å². The third-order valence-corrected chi connectivity index (χ3v) is 2.88. The van der Waals surface area contributed by atoms with Crippen LogP contribution in [0.15, 0.2) is 42.5 Å². The highest BCUT2D eigenvalue weighted by atomic mass is 19.1. The predicted octanol–water partition coefficient (Wildman–Crippen LogP) is 4.13. The molecule has 0 heterocycles. The van der Waals surface area contributed by atoms with Crippen molar-refractivity contribution in [3.63, 3.8) is 0 Å². The van der Waals surface area contributed by atoms with E-state index >= 15 is 0 Å². The first kappa shape index (κ1) is 13.7. The summed E-state index contributed by atoms with van der Waals surface area (Å²) in [6.07, 6.45) is 0. The number of halogens is 2. The molecule has 0 amide bonds. The smallest absolute Gasteiger partial charge is 0.131 e. The van der Waals surface area contributed by atoms with E-state index in [0.717, 1.165) is 17.7 Å². The minimum absolute atomic E-state index is 0.298. The molecule has 3 heteroatoms. The minimum atomic E-state index is -0.429. The fraction of sp³-hybridized carbons (Fsp3) is 0.250. The minimum Gasteiger partial charge on any atom is -0.310 e. The molecule has 0 spiro atoms. The van der Waals surface area contributed by atoms with Gasteiger partial charge in [-0.1, -0.05) is 32.0 Å². The van der Waals surface area contributed by atoms with Crippen molar-refractivity contribution in [1.29, 1.82) is 0 Å². The van der Waals surface area contributed by atoms with Gasteiger partial charge >= 0.3 is 0 Å². The Morgan fingerprint density at radius 3 is 2.58 bits per heavy atom. The van der Waals surface area contributed by atoms with Crippen LogP contribution in [-0.2, 0) is 6.54 Å². The van der Waals surface area contributed by atoms with Crippen molar-refractivity contribution >= 4 is 0 Å². The van der Waals surface area contributed by atoms with Gasteiger partial charge in [0.2, 0.25) is 0 Å². The van der Waals surface area contributed by atoms with E-state index in [-0.39, 0.29) is 0 Å². The Balaban J connectivity index is 2.29. The standard InChI is InChI=1S/C16H17F2N/c1-11(2)19-10-12-4-3-5-13(8-12)15-9-14(17)6-7-16(15)18/h3-9,11,19H,10H2,1-2H3. The molecular formula is C16H17F2N. The second-order valence-electron chi connectivity index (χ2n) is 4.86. The lowest BCUT2D eigenvalue weighted by Crippen LogP contribution is -2.21. The van der Waals surface area contributed by atoms with E-state index in [0.29, 0.717) is 23.7 Å². The van der Waals surface area contributed by atoms with E-state index in [1.54, 1.807) is 6.07 Å². The van der Waals surface area contributed by atoms with Crippen LogP contribution >= 0.6 is 0 Å². The van der Waals surface area contributed by atoms with E-state index in [4.69, 9.17) is 0 Å². The average molecular weight is 261 g/mol. The van der Waals surface area contributed by atoms with Gasteiger partial charge in [0.15, 0.2) is 0 Å². The fourth-order valence-corrected chi connectivity index (χ4v) is 1.89. The van der Waals surface area contributed by atoms with Gasteiger partial charge in [0.1, 0.15) is 11.6 Å². The van der Waals surface area contributed by atoms with Gasteiger partial charge in [-0.25, -0.2) is 8.78 Å². The lowest BCUT2D eigenvalue weighted by Gasteiger charge is -2.10.